The molecule has 126 valence electrons. The van der Waals surface area contributed by atoms with Crippen LogP contribution in [0.2, 0.25) is 0 Å². The number of fused-ring (bicyclic) bond motifs is 1. The van der Waals surface area contributed by atoms with E-state index in [0.29, 0.717) is 6.42 Å². The van der Waals surface area contributed by atoms with Crippen molar-refractivity contribution in [2.24, 2.45) is 0 Å². The molecule has 2 amide bonds. The van der Waals surface area contributed by atoms with Gasteiger partial charge in [-0.3, -0.25) is 9.59 Å². The summed E-state index contributed by atoms with van der Waals surface area (Å²) in [5, 5.41) is 0. The summed E-state index contributed by atoms with van der Waals surface area (Å²) in [4.78, 5) is 29.3. The average molecular weight is 324 g/mol. The van der Waals surface area contributed by atoms with Crippen LogP contribution in [-0.4, -0.2) is 47.3 Å². The zero-order valence-corrected chi connectivity index (χ0v) is 14.0. The first-order valence-corrected chi connectivity index (χ1v) is 9.08. The van der Waals surface area contributed by atoms with Crippen LogP contribution < -0.4 is 0 Å². The number of hydrogen-bond acceptors (Lipinski definition) is 2. The fourth-order valence-corrected chi connectivity index (χ4v) is 4.23. The molecule has 0 radical (unpaired) electrons. The van der Waals surface area contributed by atoms with E-state index >= 15 is 0 Å². The topological polar surface area (TPSA) is 40.6 Å². The van der Waals surface area contributed by atoms with Gasteiger partial charge in [0.25, 0.3) is 0 Å². The van der Waals surface area contributed by atoms with E-state index in [9.17, 15) is 9.59 Å². The molecular weight excluding hydrogens is 300 g/mol. The molecule has 1 atom stereocenters. The van der Waals surface area contributed by atoms with Gasteiger partial charge < -0.3 is 9.80 Å². The first kappa shape index (κ1) is 15.4. The maximum Gasteiger partial charge on any atom is 0.245 e. The van der Waals surface area contributed by atoms with Crippen LogP contribution in [0.4, 0.5) is 0 Å². The van der Waals surface area contributed by atoms with Crippen molar-refractivity contribution in [3.63, 3.8) is 0 Å². The number of benzene rings is 1. The number of hydrogen-bond donors (Lipinski definition) is 0. The Kier molecular flexibility index (Phi) is 4.13. The highest BCUT2D eigenvalue weighted by molar-refractivity contribution is 5.90. The maximum atomic E-state index is 12.8. The van der Waals surface area contributed by atoms with E-state index in [0.717, 1.165) is 51.7 Å². The number of carbonyl (C=O) groups is 2. The molecule has 0 saturated carbocycles. The average Bonchev–Trinajstić information content (AvgIpc) is 3.32. The van der Waals surface area contributed by atoms with Crippen LogP contribution in [0, 0.1) is 0 Å². The minimum Gasteiger partial charge on any atom is -0.341 e. The van der Waals surface area contributed by atoms with E-state index in [1.165, 1.54) is 16.7 Å². The Labute approximate surface area is 143 Å². The van der Waals surface area contributed by atoms with E-state index in [2.05, 4.69) is 18.2 Å². The summed E-state index contributed by atoms with van der Waals surface area (Å²) in [6.07, 6.45) is 7.39. The third kappa shape index (κ3) is 2.85. The molecule has 4 nitrogen and oxygen atoms in total. The second-order valence-electron chi connectivity index (χ2n) is 7.13. The molecule has 2 saturated heterocycles. The zero-order valence-electron chi connectivity index (χ0n) is 14.0. The van der Waals surface area contributed by atoms with Crippen molar-refractivity contribution in [2.45, 2.75) is 44.6 Å². The van der Waals surface area contributed by atoms with Gasteiger partial charge in [-0.05, 0) is 43.2 Å². The lowest BCUT2D eigenvalue weighted by molar-refractivity contribution is -0.142. The van der Waals surface area contributed by atoms with Crippen molar-refractivity contribution >= 4 is 17.9 Å². The smallest absolute Gasteiger partial charge is 0.245 e. The second-order valence-corrected chi connectivity index (χ2v) is 7.13. The van der Waals surface area contributed by atoms with Gasteiger partial charge in [-0.15, -0.1) is 0 Å². The highest BCUT2D eigenvalue weighted by atomic mass is 16.2. The molecule has 0 bridgehead atoms. The van der Waals surface area contributed by atoms with Crippen molar-refractivity contribution in [1.29, 1.82) is 0 Å². The third-order valence-corrected chi connectivity index (χ3v) is 5.49. The van der Waals surface area contributed by atoms with Crippen molar-refractivity contribution in [2.75, 3.05) is 19.6 Å². The van der Waals surface area contributed by atoms with Gasteiger partial charge in [-0.1, -0.05) is 35.9 Å². The van der Waals surface area contributed by atoms with E-state index < -0.39 is 0 Å². The first-order chi connectivity index (χ1) is 11.7. The fraction of sp³-hybridized carbons (Fsp3) is 0.500. The molecule has 1 aromatic carbocycles. The van der Waals surface area contributed by atoms with Crippen LogP contribution >= 0.6 is 0 Å². The number of nitrogens with zero attached hydrogens (tertiary/aromatic N) is 2. The summed E-state index contributed by atoms with van der Waals surface area (Å²) < 4.78 is 0. The molecular formula is C20H24N2O2. The van der Waals surface area contributed by atoms with E-state index in [1.54, 1.807) is 0 Å². The van der Waals surface area contributed by atoms with Gasteiger partial charge in [0.05, 0.1) is 0 Å². The van der Waals surface area contributed by atoms with Crippen molar-refractivity contribution < 1.29 is 9.59 Å². The van der Waals surface area contributed by atoms with Gasteiger partial charge in [0.2, 0.25) is 11.8 Å². The van der Waals surface area contributed by atoms with Crippen LogP contribution in [-0.2, 0) is 16.0 Å². The molecule has 24 heavy (non-hydrogen) atoms. The van der Waals surface area contributed by atoms with Crippen molar-refractivity contribution in [3.8, 4) is 0 Å². The Morgan fingerprint density at radius 2 is 1.83 bits per heavy atom. The Hall–Kier alpha value is -2.10. The molecule has 1 aliphatic carbocycles. The zero-order chi connectivity index (χ0) is 16.5. The second kappa shape index (κ2) is 6.42. The van der Waals surface area contributed by atoms with Gasteiger partial charge >= 0.3 is 0 Å². The van der Waals surface area contributed by atoms with Gasteiger partial charge in [0, 0.05) is 26.1 Å². The van der Waals surface area contributed by atoms with Crippen molar-refractivity contribution in [3.05, 3.63) is 41.0 Å². The van der Waals surface area contributed by atoms with Gasteiger partial charge in [0.15, 0.2) is 0 Å². The fourth-order valence-electron chi connectivity index (χ4n) is 4.23. The summed E-state index contributed by atoms with van der Waals surface area (Å²) in [5.41, 5.74) is 3.69. The number of amides is 2. The number of rotatable bonds is 3. The highest BCUT2D eigenvalue weighted by Gasteiger charge is 2.37. The summed E-state index contributed by atoms with van der Waals surface area (Å²) >= 11 is 0. The first-order valence-electron chi connectivity index (χ1n) is 9.08. The Morgan fingerprint density at radius 1 is 1.04 bits per heavy atom. The summed E-state index contributed by atoms with van der Waals surface area (Å²) in [6.45, 7) is 2.44. The lowest BCUT2D eigenvalue weighted by Crippen LogP contribution is -2.47. The van der Waals surface area contributed by atoms with Crippen LogP contribution in [0.5, 0.6) is 0 Å². The minimum atomic E-state index is -0.222. The van der Waals surface area contributed by atoms with E-state index in [-0.39, 0.29) is 17.9 Å². The number of carbonyl (C=O) groups excluding carboxylic acids is 2. The summed E-state index contributed by atoms with van der Waals surface area (Å²) in [6, 6.07) is 8.08. The quantitative estimate of drug-likeness (QED) is 0.857. The maximum absolute atomic E-state index is 12.8. The predicted molar refractivity (Wildman–Crippen MR) is 93.3 cm³/mol. The SMILES string of the molecule is O=C([C@H]1CCCN1C(=O)CC1=Cc2ccccc2C1)N1CCCC1. The molecule has 0 N–H and O–H groups in total. The third-order valence-electron chi connectivity index (χ3n) is 5.49. The summed E-state index contributed by atoms with van der Waals surface area (Å²) in [7, 11) is 0. The molecule has 4 rings (SSSR count). The van der Waals surface area contributed by atoms with Crippen LogP contribution in [0.15, 0.2) is 29.8 Å². The van der Waals surface area contributed by atoms with Crippen molar-refractivity contribution in [1.82, 2.24) is 9.80 Å². The minimum absolute atomic E-state index is 0.115. The normalized spacial score (nSPS) is 22.7. The molecule has 2 fully saturated rings. The predicted octanol–water partition coefficient (Wildman–Crippen LogP) is 2.63. The Morgan fingerprint density at radius 3 is 2.62 bits per heavy atom. The Balaban J connectivity index is 1.42. The van der Waals surface area contributed by atoms with Crippen LogP contribution in [0.3, 0.4) is 0 Å². The lowest BCUT2D eigenvalue weighted by Gasteiger charge is -2.28. The van der Waals surface area contributed by atoms with Gasteiger partial charge in [-0.25, -0.2) is 0 Å². The Bertz CT molecular complexity index is 689. The molecule has 1 aromatic rings. The van der Waals surface area contributed by atoms with Gasteiger partial charge in [-0.2, -0.15) is 0 Å². The number of likely N-dealkylation sites (tertiary alicyclic amines) is 2. The molecule has 2 aliphatic heterocycles. The monoisotopic (exact) mass is 324 g/mol. The van der Waals surface area contributed by atoms with E-state index in [4.69, 9.17) is 0 Å². The highest BCUT2D eigenvalue weighted by Crippen LogP contribution is 2.29. The molecule has 3 aliphatic rings. The van der Waals surface area contributed by atoms with Crippen LogP contribution in [0.25, 0.3) is 6.08 Å². The van der Waals surface area contributed by atoms with E-state index in [1.807, 2.05) is 21.9 Å². The molecule has 0 aromatic heterocycles. The lowest BCUT2D eigenvalue weighted by atomic mass is 10.1. The van der Waals surface area contributed by atoms with Crippen LogP contribution in [0.1, 0.15) is 43.2 Å². The molecule has 0 spiro atoms. The molecule has 0 unspecified atom stereocenters. The molecule has 2 heterocycles. The molecule has 4 heteroatoms. The van der Waals surface area contributed by atoms with Gasteiger partial charge in [0.1, 0.15) is 6.04 Å². The summed E-state index contributed by atoms with van der Waals surface area (Å²) in [5.74, 6) is 0.283. The standard InChI is InChI=1S/C20H24N2O2/c23-19(14-15-12-16-6-1-2-7-17(16)13-15)22-11-5-8-18(22)20(24)21-9-3-4-10-21/h1-2,6-7,12,18H,3-5,8-11,13-14H2/t18-/m1/s1. The largest absolute Gasteiger partial charge is 0.341 e.